The summed E-state index contributed by atoms with van der Waals surface area (Å²) in [6.07, 6.45) is 6.22. The van der Waals surface area contributed by atoms with Gasteiger partial charge < -0.3 is 19.0 Å². The molecule has 8 heteroatoms. The summed E-state index contributed by atoms with van der Waals surface area (Å²) in [5.41, 5.74) is 1.15. The van der Waals surface area contributed by atoms with E-state index >= 15 is 0 Å². The molecule has 2 aromatic heterocycles. The Morgan fingerprint density at radius 2 is 1.88 bits per heavy atom. The molecule has 34 heavy (non-hydrogen) atoms. The van der Waals surface area contributed by atoms with Crippen LogP contribution in [0.5, 0.6) is 5.88 Å². The fourth-order valence-electron chi connectivity index (χ4n) is 3.48. The Balaban J connectivity index is 1.77. The van der Waals surface area contributed by atoms with Crippen LogP contribution in [-0.4, -0.2) is 38.7 Å². The van der Waals surface area contributed by atoms with Gasteiger partial charge in [-0.15, -0.1) is 0 Å². The number of benzene rings is 1. The van der Waals surface area contributed by atoms with Gasteiger partial charge in [-0.2, -0.15) is 0 Å². The summed E-state index contributed by atoms with van der Waals surface area (Å²) in [7, 11) is 0. The molecule has 8 nitrogen and oxygen atoms in total. The Labute approximate surface area is 198 Å². The zero-order valence-corrected chi connectivity index (χ0v) is 19.9. The summed E-state index contributed by atoms with van der Waals surface area (Å²) in [6.45, 7) is 7.47. The van der Waals surface area contributed by atoms with Gasteiger partial charge in [0, 0.05) is 23.6 Å². The predicted molar refractivity (Wildman–Crippen MR) is 128 cm³/mol. The second-order valence-corrected chi connectivity index (χ2v) is 9.00. The molecule has 1 aromatic carbocycles. The van der Waals surface area contributed by atoms with E-state index in [4.69, 9.17) is 19.0 Å². The third kappa shape index (κ3) is 6.91. The molecule has 0 fully saturated rings. The van der Waals surface area contributed by atoms with E-state index in [1.54, 1.807) is 0 Å². The van der Waals surface area contributed by atoms with Crippen molar-refractivity contribution >= 4 is 29.1 Å². The minimum absolute atomic E-state index is 0.192. The molecule has 0 saturated carbocycles. The van der Waals surface area contributed by atoms with Gasteiger partial charge in [-0.3, -0.25) is 4.79 Å². The van der Waals surface area contributed by atoms with Crippen LogP contribution in [-0.2, 0) is 14.3 Å². The SMILES string of the molecule is C[C@H](CCCCC(=O)OC(C)(C)C)Oc1ncnc2oc(-c3ccccc3)c(/C=C/C(=O)O)c12. The number of aromatic nitrogens is 2. The molecule has 1 atom stereocenters. The Morgan fingerprint density at radius 1 is 1.15 bits per heavy atom. The molecule has 180 valence electrons. The molecule has 0 amide bonds. The molecular formula is C26H30N2O6. The Kier molecular flexibility index (Phi) is 8.04. The second-order valence-electron chi connectivity index (χ2n) is 9.00. The minimum atomic E-state index is -1.08. The topological polar surface area (TPSA) is 112 Å². The smallest absolute Gasteiger partial charge is 0.328 e. The molecule has 1 N–H and O–H groups in total. The molecular weight excluding hydrogens is 436 g/mol. The lowest BCUT2D eigenvalue weighted by Gasteiger charge is -2.19. The number of hydrogen-bond donors (Lipinski definition) is 1. The van der Waals surface area contributed by atoms with E-state index in [0.29, 0.717) is 47.6 Å². The fraction of sp³-hybridized carbons (Fsp3) is 0.385. The first-order chi connectivity index (χ1) is 16.1. The van der Waals surface area contributed by atoms with Crippen LogP contribution in [0.2, 0.25) is 0 Å². The van der Waals surface area contributed by atoms with Crippen molar-refractivity contribution in [2.45, 2.75) is 65.1 Å². The van der Waals surface area contributed by atoms with Crippen LogP contribution < -0.4 is 4.74 Å². The highest BCUT2D eigenvalue weighted by Crippen LogP contribution is 2.38. The van der Waals surface area contributed by atoms with Gasteiger partial charge in [0.05, 0.1) is 6.10 Å². The van der Waals surface area contributed by atoms with Crippen LogP contribution in [0.25, 0.3) is 28.5 Å². The Bertz CT molecular complexity index is 1160. The van der Waals surface area contributed by atoms with Crippen molar-refractivity contribution in [3.63, 3.8) is 0 Å². The summed E-state index contributed by atoms with van der Waals surface area (Å²) >= 11 is 0. The number of ether oxygens (including phenoxy) is 2. The van der Waals surface area contributed by atoms with Crippen molar-refractivity contribution in [2.24, 2.45) is 0 Å². The number of carbonyl (C=O) groups excluding carboxylic acids is 1. The van der Waals surface area contributed by atoms with Gasteiger partial charge in [0.1, 0.15) is 23.1 Å². The monoisotopic (exact) mass is 466 g/mol. The van der Waals surface area contributed by atoms with Crippen molar-refractivity contribution < 1.29 is 28.6 Å². The Morgan fingerprint density at radius 3 is 2.56 bits per heavy atom. The normalized spacial score (nSPS) is 12.7. The minimum Gasteiger partial charge on any atom is -0.478 e. The first-order valence-electron chi connectivity index (χ1n) is 11.3. The quantitative estimate of drug-likeness (QED) is 0.231. The molecule has 0 aliphatic heterocycles. The zero-order valence-electron chi connectivity index (χ0n) is 19.9. The third-order valence-corrected chi connectivity index (χ3v) is 4.89. The second kappa shape index (κ2) is 11.0. The summed E-state index contributed by atoms with van der Waals surface area (Å²) < 4.78 is 17.4. The molecule has 0 aliphatic rings. The first-order valence-corrected chi connectivity index (χ1v) is 11.3. The Hall–Kier alpha value is -3.68. The average Bonchev–Trinajstić information content (AvgIpc) is 3.14. The highest BCUT2D eigenvalue weighted by atomic mass is 16.6. The molecule has 2 heterocycles. The number of esters is 1. The third-order valence-electron chi connectivity index (χ3n) is 4.89. The maximum Gasteiger partial charge on any atom is 0.328 e. The standard InChI is InChI=1S/C26H30N2O6/c1-17(10-8-9-13-21(31)34-26(2,3)4)32-24-22-19(14-15-20(29)30)23(18-11-6-5-7-12-18)33-25(22)28-16-27-24/h5-7,11-12,14-17H,8-10,13H2,1-4H3,(H,29,30)/b15-14+/t17-/m1/s1. The number of rotatable bonds is 10. The van der Waals surface area contributed by atoms with Crippen LogP contribution in [0, 0.1) is 0 Å². The predicted octanol–water partition coefficient (Wildman–Crippen LogP) is 5.66. The van der Waals surface area contributed by atoms with Crippen molar-refractivity contribution in [3.05, 3.63) is 48.3 Å². The molecule has 0 saturated heterocycles. The van der Waals surface area contributed by atoms with E-state index in [1.165, 1.54) is 12.4 Å². The van der Waals surface area contributed by atoms with Gasteiger partial charge in [0.15, 0.2) is 0 Å². The molecule has 0 unspecified atom stereocenters. The van der Waals surface area contributed by atoms with Crippen molar-refractivity contribution in [3.8, 4) is 17.2 Å². The number of fused-ring (bicyclic) bond motifs is 1. The van der Waals surface area contributed by atoms with E-state index in [1.807, 2.05) is 58.0 Å². The summed E-state index contributed by atoms with van der Waals surface area (Å²) in [4.78, 5) is 31.6. The number of furan rings is 1. The van der Waals surface area contributed by atoms with E-state index in [0.717, 1.165) is 18.1 Å². The highest BCUT2D eigenvalue weighted by molar-refractivity contribution is 5.98. The van der Waals surface area contributed by atoms with Gasteiger partial charge >= 0.3 is 11.9 Å². The number of nitrogens with zero attached hydrogens (tertiary/aromatic N) is 2. The largest absolute Gasteiger partial charge is 0.478 e. The first kappa shape index (κ1) is 25.0. The van der Waals surface area contributed by atoms with E-state index in [9.17, 15) is 9.59 Å². The number of carboxylic acids is 1. The lowest BCUT2D eigenvalue weighted by atomic mass is 10.1. The number of carbonyl (C=O) groups is 2. The summed E-state index contributed by atoms with van der Waals surface area (Å²) in [5, 5.41) is 9.68. The fourth-order valence-corrected chi connectivity index (χ4v) is 3.48. The summed E-state index contributed by atoms with van der Waals surface area (Å²) in [6, 6.07) is 9.37. The highest BCUT2D eigenvalue weighted by Gasteiger charge is 2.21. The van der Waals surface area contributed by atoms with Crippen LogP contribution >= 0.6 is 0 Å². The van der Waals surface area contributed by atoms with Crippen molar-refractivity contribution in [2.75, 3.05) is 0 Å². The van der Waals surface area contributed by atoms with E-state index < -0.39 is 11.6 Å². The van der Waals surface area contributed by atoms with Crippen molar-refractivity contribution in [1.82, 2.24) is 9.97 Å². The lowest BCUT2D eigenvalue weighted by molar-refractivity contribution is -0.155. The zero-order chi connectivity index (χ0) is 24.7. The molecule has 0 aliphatic carbocycles. The van der Waals surface area contributed by atoms with E-state index in [-0.39, 0.29) is 12.1 Å². The van der Waals surface area contributed by atoms with Crippen LogP contribution in [0.3, 0.4) is 0 Å². The van der Waals surface area contributed by atoms with Crippen molar-refractivity contribution in [1.29, 1.82) is 0 Å². The number of carboxylic acid groups (broad SMARTS) is 1. The number of hydrogen-bond acceptors (Lipinski definition) is 7. The van der Waals surface area contributed by atoms with Gasteiger partial charge in [-0.05, 0) is 53.0 Å². The maximum absolute atomic E-state index is 11.9. The van der Waals surface area contributed by atoms with Crippen LogP contribution in [0.1, 0.15) is 58.9 Å². The maximum atomic E-state index is 11.9. The summed E-state index contributed by atoms with van der Waals surface area (Å²) in [5.74, 6) is -0.476. The molecule has 0 spiro atoms. The number of unbranched alkanes of at least 4 members (excludes halogenated alkanes) is 1. The van der Waals surface area contributed by atoms with Gasteiger partial charge in [-0.1, -0.05) is 30.3 Å². The molecule has 0 bridgehead atoms. The van der Waals surface area contributed by atoms with E-state index in [2.05, 4.69) is 9.97 Å². The van der Waals surface area contributed by atoms with Crippen LogP contribution in [0.15, 0.2) is 47.2 Å². The molecule has 0 radical (unpaired) electrons. The lowest BCUT2D eigenvalue weighted by Crippen LogP contribution is -2.23. The molecule has 3 aromatic rings. The van der Waals surface area contributed by atoms with Crippen LogP contribution in [0.4, 0.5) is 0 Å². The number of aliphatic carboxylic acids is 1. The van der Waals surface area contributed by atoms with Gasteiger partial charge in [0.2, 0.25) is 11.6 Å². The molecule has 3 rings (SSSR count). The van der Waals surface area contributed by atoms with Gasteiger partial charge in [-0.25, -0.2) is 14.8 Å². The van der Waals surface area contributed by atoms with Gasteiger partial charge in [0.25, 0.3) is 0 Å². The average molecular weight is 467 g/mol.